The van der Waals surface area contributed by atoms with Crippen molar-refractivity contribution in [2.24, 2.45) is 0 Å². The second-order valence-electron chi connectivity index (χ2n) is 9.24. The molecule has 0 aliphatic carbocycles. The number of para-hydroxylation sites is 1. The third-order valence-electron chi connectivity index (χ3n) is 6.34. The Hall–Kier alpha value is -3.65. The van der Waals surface area contributed by atoms with Gasteiger partial charge in [-0.3, -0.25) is 13.9 Å². The highest BCUT2D eigenvalue weighted by molar-refractivity contribution is 7.92. The zero-order valence-corrected chi connectivity index (χ0v) is 23.2. The number of benzene rings is 3. The third-order valence-corrected chi connectivity index (χ3v) is 8.13. The van der Waals surface area contributed by atoms with Crippen molar-refractivity contribution in [1.29, 1.82) is 0 Å². The van der Waals surface area contributed by atoms with E-state index in [1.807, 2.05) is 45.0 Å². The molecule has 202 valence electrons. The first-order valence-corrected chi connectivity index (χ1v) is 14.5. The minimum atomic E-state index is -4.05. The topological polar surface area (TPSA) is 86.8 Å². The molecule has 0 fully saturated rings. The van der Waals surface area contributed by atoms with E-state index in [4.69, 9.17) is 0 Å². The molecular formula is C30H37N3O4S. The summed E-state index contributed by atoms with van der Waals surface area (Å²) in [5.41, 5.74) is 2.32. The first-order valence-electron chi connectivity index (χ1n) is 13.0. The highest BCUT2D eigenvalue weighted by Crippen LogP contribution is 2.24. The SMILES string of the molecule is CCCCNC(=O)[C@H](CC)N(Cc1ccc(C)cc1)C(=O)CN(c1ccccc1)S(=O)(=O)c1ccccc1. The van der Waals surface area contributed by atoms with Gasteiger partial charge in [0, 0.05) is 13.1 Å². The molecule has 8 heteroatoms. The largest absolute Gasteiger partial charge is 0.354 e. The van der Waals surface area contributed by atoms with E-state index in [1.54, 1.807) is 48.5 Å². The van der Waals surface area contributed by atoms with Gasteiger partial charge in [0.25, 0.3) is 10.0 Å². The highest BCUT2D eigenvalue weighted by Gasteiger charge is 2.33. The van der Waals surface area contributed by atoms with Crippen molar-refractivity contribution in [2.45, 2.75) is 57.5 Å². The fourth-order valence-corrected chi connectivity index (χ4v) is 5.59. The van der Waals surface area contributed by atoms with Gasteiger partial charge in [0.05, 0.1) is 10.6 Å². The molecule has 0 aromatic heterocycles. The van der Waals surface area contributed by atoms with Crippen molar-refractivity contribution in [2.75, 3.05) is 17.4 Å². The van der Waals surface area contributed by atoms with Crippen molar-refractivity contribution in [1.82, 2.24) is 10.2 Å². The van der Waals surface area contributed by atoms with E-state index in [1.165, 1.54) is 17.0 Å². The lowest BCUT2D eigenvalue weighted by Crippen LogP contribution is -2.52. The van der Waals surface area contributed by atoms with Gasteiger partial charge in [0.15, 0.2) is 0 Å². The predicted octanol–water partition coefficient (Wildman–Crippen LogP) is 4.91. The molecular weight excluding hydrogens is 498 g/mol. The van der Waals surface area contributed by atoms with E-state index in [0.717, 1.165) is 28.3 Å². The second-order valence-corrected chi connectivity index (χ2v) is 11.1. The number of nitrogens with zero attached hydrogens (tertiary/aromatic N) is 2. The van der Waals surface area contributed by atoms with Crippen LogP contribution < -0.4 is 9.62 Å². The predicted molar refractivity (Wildman–Crippen MR) is 151 cm³/mol. The van der Waals surface area contributed by atoms with E-state index in [-0.39, 0.29) is 17.3 Å². The molecule has 0 saturated heterocycles. The van der Waals surface area contributed by atoms with Crippen molar-refractivity contribution in [3.63, 3.8) is 0 Å². The van der Waals surface area contributed by atoms with Gasteiger partial charge in [-0.05, 0) is 49.6 Å². The van der Waals surface area contributed by atoms with Crippen LogP contribution in [-0.4, -0.2) is 44.3 Å². The van der Waals surface area contributed by atoms with Crippen LogP contribution in [0.3, 0.4) is 0 Å². The summed E-state index contributed by atoms with van der Waals surface area (Å²) in [5, 5.41) is 2.94. The molecule has 0 bridgehead atoms. The summed E-state index contributed by atoms with van der Waals surface area (Å²) in [6.07, 6.45) is 2.17. The normalized spacial score (nSPS) is 12.0. The maximum atomic E-state index is 14.0. The monoisotopic (exact) mass is 535 g/mol. The van der Waals surface area contributed by atoms with E-state index in [9.17, 15) is 18.0 Å². The zero-order chi connectivity index (χ0) is 27.5. The molecule has 38 heavy (non-hydrogen) atoms. The summed E-state index contributed by atoms with van der Waals surface area (Å²) in [6, 6.07) is 23.6. The number of nitrogens with one attached hydrogen (secondary N) is 1. The molecule has 3 aromatic rings. The maximum absolute atomic E-state index is 14.0. The minimum Gasteiger partial charge on any atom is -0.354 e. The lowest BCUT2D eigenvalue weighted by atomic mass is 10.1. The van der Waals surface area contributed by atoms with Gasteiger partial charge in [-0.1, -0.05) is 86.5 Å². The molecule has 0 unspecified atom stereocenters. The molecule has 0 aliphatic heterocycles. The first-order chi connectivity index (χ1) is 18.3. The Balaban J connectivity index is 1.99. The molecule has 0 radical (unpaired) electrons. The summed E-state index contributed by atoms with van der Waals surface area (Å²) in [6.45, 7) is 6.15. The highest BCUT2D eigenvalue weighted by atomic mass is 32.2. The first kappa shape index (κ1) is 28.9. The van der Waals surface area contributed by atoms with Gasteiger partial charge in [0.2, 0.25) is 11.8 Å². The Kier molecular flexibility index (Phi) is 10.5. The number of aryl methyl sites for hydroxylation is 1. The molecule has 0 saturated carbocycles. The Labute approximate surface area is 226 Å². The summed E-state index contributed by atoms with van der Waals surface area (Å²) >= 11 is 0. The number of hydrogen-bond acceptors (Lipinski definition) is 4. The van der Waals surface area contributed by atoms with E-state index in [2.05, 4.69) is 5.32 Å². The van der Waals surface area contributed by atoms with Crippen LogP contribution in [0.5, 0.6) is 0 Å². The average molecular weight is 536 g/mol. The lowest BCUT2D eigenvalue weighted by molar-refractivity contribution is -0.140. The smallest absolute Gasteiger partial charge is 0.264 e. The number of carbonyl (C=O) groups is 2. The molecule has 0 spiro atoms. The van der Waals surface area contributed by atoms with Crippen LogP contribution in [0, 0.1) is 6.92 Å². The summed E-state index contributed by atoms with van der Waals surface area (Å²) in [5.74, 6) is -0.690. The van der Waals surface area contributed by atoms with Gasteiger partial charge in [-0.15, -0.1) is 0 Å². The van der Waals surface area contributed by atoms with E-state index in [0.29, 0.717) is 18.7 Å². The number of carbonyl (C=O) groups excluding carboxylic acids is 2. The van der Waals surface area contributed by atoms with Crippen LogP contribution in [0.1, 0.15) is 44.2 Å². The summed E-state index contributed by atoms with van der Waals surface area (Å²) in [7, 11) is -4.05. The summed E-state index contributed by atoms with van der Waals surface area (Å²) in [4.78, 5) is 28.7. The van der Waals surface area contributed by atoms with Crippen LogP contribution in [0.4, 0.5) is 5.69 Å². The Morgan fingerprint density at radius 2 is 1.47 bits per heavy atom. The molecule has 1 N–H and O–H groups in total. The van der Waals surface area contributed by atoms with Gasteiger partial charge in [-0.25, -0.2) is 8.42 Å². The van der Waals surface area contributed by atoms with Crippen molar-refractivity contribution in [3.05, 3.63) is 96.1 Å². The maximum Gasteiger partial charge on any atom is 0.264 e. The molecule has 3 aromatic carbocycles. The Morgan fingerprint density at radius 3 is 2.05 bits per heavy atom. The standard InChI is InChI=1S/C30H37N3O4S/c1-4-6-21-31-30(35)28(5-2)32(22-25-19-17-24(3)18-20-25)29(34)23-33(26-13-9-7-10-14-26)38(36,37)27-15-11-8-12-16-27/h7-20,28H,4-6,21-23H2,1-3H3,(H,31,35)/t28-/m0/s1. The van der Waals surface area contributed by atoms with E-state index >= 15 is 0 Å². The fourth-order valence-electron chi connectivity index (χ4n) is 4.16. The molecule has 3 rings (SSSR count). The number of amides is 2. The quantitative estimate of drug-likeness (QED) is 0.315. The molecule has 1 atom stereocenters. The van der Waals surface area contributed by atoms with Gasteiger partial charge in [0.1, 0.15) is 12.6 Å². The lowest BCUT2D eigenvalue weighted by Gasteiger charge is -2.33. The van der Waals surface area contributed by atoms with Crippen LogP contribution in [-0.2, 0) is 26.2 Å². The third kappa shape index (κ3) is 7.44. The van der Waals surface area contributed by atoms with Crippen molar-refractivity contribution >= 4 is 27.5 Å². The minimum absolute atomic E-state index is 0.0890. The second kappa shape index (κ2) is 13.8. The van der Waals surface area contributed by atoms with Crippen molar-refractivity contribution < 1.29 is 18.0 Å². The number of sulfonamides is 1. The fraction of sp³-hybridized carbons (Fsp3) is 0.333. The van der Waals surface area contributed by atoms with Crippen molar-refractivity contribution in [3.8, 4) is 0 Å². The van der Waals surface area contributed by atoms with Crippen LogP contribution in [0.15, 0.2) is 89.8 Å². The zero-order valence-electron chi connectivity index (χ0n) is 22.3. The van der Waals surface area contributed by atoms with Crippen LogP contribution in [0.25, 0.3) is 0 Å². The molecule has 0 aliphatic rings. The molecule has 7 nitrogen and oxygen atoms in total. The number of hydrogen-bond donors (Lipinski definition) is 1. The number of unbranched alkanes of at least 4 members (excludes halogenated alkanes) is 1. The Bertz CT molecular complexity index is 1280. The van der Waals surface area contributed by atoms with Crippen LogP contribution in [0.2, 0.25) is 0 Å². The Morgan fingerprint density at radius 1 is 0.868 bits per heavy atom. The molecule has 0 heterocycles. The van der Waals surface area contributed by atoms with Crippen LogP contribution >= 0.6 is 0 Å². The van der Waals surface area contributed by atoms with Gasteiger partial charge in [-0.2, -0.15) is 0 Å². The van der Waals surface area contributed by atoms with Gasteiger partial charge >= 0.3 is 0 Å². The summed E-state index contributed by atoms with van der Waals surface area (Å²) < 4.78 is 28.5. The number of anilines is 1. The number of rotatable bonds is 13. The van der Waals surface area contributed by atoms with Gasteiger partial charge < -0.3 is 10.2 Å². The van der Waals surface area contributed by atoms with E-state index < -0.39 is 28.5 Å². The molecule has 2 amide bonds. The average Bonchev–Trinajstić information content (AvgIpc) is 2.93.